The zero-order valence-electron chi connectivity index (χ0n) is 8.26. The van der Waals surface area contributed by atoms with Crippen molar-refractivity contribution in [2.45, 2.75) is 0 Å². The van der Waals surface area contributed by atoms with Crippen LogP contribution in [0.25, 0.3) is 0 Å². The van der Waals surface area contributed by atoms with Crippen molar-refractivity contribution in [1.29, 1.82) is 0 Å². The van der Waals surface area contributed by atoms with Gasteiger partial charge >= 0.3 is 0 Å². The van der Waals surface area contributed by atoms with Crippen LogP contribution in [0.4, 0.5) is 11.4 Å². The van der Waals surface area contributed by atoms with E-state index in [1.54, 1.807) is 6.07 Å². The van der Waals surface area contributed by atoms with Gasteiger partial charge in [0, 0.05) is 26.2 Å². The second kappa shape index (κ2) is 4.47. The Morgan fingerprint density at radius 1 is 1.13 bits per heavy atom. The van der Waals surface area contributed by atoms with Gasteiger partial charge in [0.05, 0.1) is 21.4 Å². The van der Waals surface area contributed by atoms with E-state index in [0.717, 1.165) is 31.9 Å². The average molecular weight is 246 g/mol. The van der Waals surface area contributed by atoms with E-state index >= 15 is 0 Å². The van der Waals surface area contributed by atoms with Crippen molar-refractivity contribution >= 4 is 34.6 Å². The van der Waals surface area contributed by atoms with E-state index in [1.807, 2.05) is 6.07 Å². The van der Waals surface area contributed by atoms with Gasteiger partial charge in [-0.05, 0) is 12.1 Å². The van der Waals surface area contributed by atoms with E-state index in [9.17, 15) is 0 Å². The third kappa shape index (κ3) is 2.14. The van der Waals surface area contributed by atoms with Gasteiger partial charge in [0.2, 0.25) is 0 Å². The summed E-state index contributed by atoms with van der Waals surface area (Å²) in [5, 5.41) is 4.29. The van der Waals surface area contributed by atoms with E-state index in [1.165, 1.54) is 0 Å². The van der Waals surface area contributed by atoms with Gasteiger partial charge in [-0.1, -0.05) is 23.2 Å². The molecule has 0 atom stereocenters. The van der Waals surface area contributed by atoms with E-state index in [2.05, 4.69) is 10.2 Å². The molecule has 82 valence electrons. The fourth-order valence-corrected chi connectivity index (χ4v) is 2.16. The molecule has 1 aromatic carbocycles. The lowest BCUT2D eigenvalue weighted by atomic mass is 10.2. The maximum Gasteiger partial charge on any atom is 0.0846 e. The van der Waals surface area contributed by atoms with Crippen LogP contribution in [0.3, 0.4) is 0 Å². The lowest BCUT2D eigenvalue weighted by Gasteiger charge is -2.30. The van der Waals surface area contributed by atoms with E-state index in [-0.39, 0.29) is 0 Å². The van der Waals surface area contributed by atoms with Gasteiger partial charge in [0.25, 0.3) is 0 Å². The number of nitrogens with zero attached hydrogens (tertiary/aromatic N) is 1. The molecule has 5 heteroatoms. The molecular formula is C10H13Cl2N3. The number of hydrogen-bond acceptors (Lipinski definition) is 3. The highest BCUT2D eigenvalue weighted by atomic mass is 35.5. The largest absolute Gasteiger partial charge is 0.397 e. The van der Waals surface area contributed by atoms with Crippen molar-refractivity contribution in [3.8, 4) is 0 Å². The van der Waals surface area contributed by atoms with Crippen molar-refractivity contribution < 1.29 is 0 Å². The van der Waals surface area contributed by atoms with Gasteiger partial charge in [0.15, 0.2) is 0 Å². The van der Waals surface area contributed by atoms with Gasteiger partial charge in [0.1, 0.15) is 0 Å². The maximum atomic E-state index is 6.16. The molecule has 1 saturated heterocycles. The molecule has 1 aliphatic rings. The first-order valence-corrected chi connectivity index (χ1v) is 5.65. The molecule has 1 aliphatic heterocycles. The maximum absolute atomic E-state index is 6.16. The van der Waals surface area contributed by atoms with Gasteiger partial charge in [-0.25, -0.2) is 0 Å². The van der Waals surface area contributed by atoms with Crippen LogP contribution in [0.2, 0.25) is 10.0 Å². The van der Waals surface area contributed by atoms with Crippen LogP contribution >= 0.6 is 23.2 Å². The molecular weight excluding hydrogens is 233 g/mol. The molecule has 0 bridgehead atoms. The molecule has 1 heterocycles. The monoisotopic (exact) mass is 245 g/mol. The SMILES string of the molecule is Nc1ccc(N2CCNCC2)c(Cl)c1Cl. The third-order valence-electron chi connectivity index (χ3n) is 2.55. The second-order valence-electron chi connectivity index (χ2n) is 3.54. The van der Waals surface area contributed by atoms with Crippen molar-refractivity contribution in [1.82, 2.24) is 5.32 Å². The average Bonchev–Trinajstić information content (AvgIpc) is 2.27. The molecule has 1 aromatic rings. The predicted octanol–water partition coefficient (Wildman–Crippen LogP) is 1.99. The number of nitrogens with one attached hydrogen (secondary N) is 1. The number of rotatable bonds is 1. The Morgan fingerprint density at radius 2 is 1.80 bits per heavy atom. The number of hydrogen-bond donors (Lipinski definition) is 2. The predicted molar refractivity (Wildman–Crippen MR) is 66.0 cm³/mol. The zero-order chi connectivity index (χ0) is 10.8. The summed E-state index contributed by atoms with van der Waals surface area (Å²) < 4.78 is 0. The lowest BCUT2D eigenvalue weighted by Crippen LogP contribution is -2.43. The Bertz CT molecular complexity index is 362. The highest BCUT2D eigenvalue weighted by molar-refractivity contribution is 6.45. The number of anilines is 2. The van der Waals surface area contributed by atoms with E-state index in [0.29, 0.717) is 15.7 Å². The molecule has 0 aromatic heterocycles. The summed E-state index contributed by atoms with van der Waals surface area (Å²) in [6.45, 7) is 3.83. The fourth-order valence-electron chi connectivity index (χ4n) is 1.70. The minimum atomic E-state index is 0.452. The molecule has 3 nitrogen and oxygen atoms in total. The summed E-state index contributed by atoms with van der Waals surface area (Å²) in [5.41, 5.74) is 7.17. The van der Waals surface area contributed by atoms with Gasteiger partial charge in [-0.15, -0.1) is 0 Å². The van der Waals surface area contributed by atoms with Crippen molar-refractivity contribution in [2.75, 3.05) is 36.8 Å². The Balaban J connectivity index is 2.31. The van der Waals surface area contributed by atoms with Crippen molar-refractivity contribution in [2.24, 2.45) is 0 Å². The van der Waals surface area contributed by atoms with Crippen LogP contribution in [0.15, 0.2) is 12.1 Å². The summed E-state index contributed by atoms with van der Waals surface area (Å²) in [7, 11) is 0. The summed E-state index contributed by atoms with van der Waals surface area (Å²) in [4.78, 5) is 2.21. The Hall–Kier alpha value is -0.640. The summed E-state index contributed by atoms with van der Waals surface area (Å²) in [5.74, 6) is 0. The first-order valence-electron chi connectivity index (χ1n) is 4.89. The Morgan fingerprint density at radius 3 is 2.47 bits per heavy atom. The summed E-state index contributed by atoms with van der Waals surface area (Å²) >= 11 is 12.2. The van der Waals surface area contributed by atoms with Gasteiger partial charge < -0.3 is 16.0 Å². The normalized spacial score (nSPS) is 16.8. The fraction of sp³-hybridized carbons (Fsp3) is 0.400. The molecule has 2 rings (SSSR count). The molecule has 3 N–H and O–H groups in total. The molecule has 1 fully saturated rings. The second-order valence-corrected chi connectivity index (χ2v) is 4.29. The number of piperazine rings is 1. The Labute approximate surface area is 99.1 Å². The molecule has 0 unspecified atom stereocenters. The number of benzene rings is 1. The molecule has 0 spiro atoms. The molecule has 0 saturated carbocycles. The molecule has 0 aliphatic carbocycles. The summed E-state index contributed by atoms with van der Waals surface area (Å²) in [6.07, 6.45) is 0. The quantitative estimate of drug-likeness (QED) is 0.744. The van der Waals surface area contributed by atoms with Crippen LogP contribution in [0, 0.1) is 0 Å². The van der Waals surface area contributed by atoms with Crippen LogP contribution in [0.5, 0.6) is 0 Å². The van der Waals surface area contributed by atoms with Crippen molar-refractivity contribution in [3.05, 3.63) is 22.2 Å². The molecule has 15 heavy (non-hydrogen) atoms. The zero-order valence-corrected chi connectivity index (χ0v) is 9.78. The number of halogens is 2. The van der Waals surface area contributed by atoms with Crippen LogP contribution < -0.4 is 16.0 Å². The summed E-state index contributed by atoms with van der Waals surface area (Å²) in [6, 6.07) is 3.72. The topological polar surface area (TPSA) is 41.3 Å². The molecule has 0 radical (unpaired) electrons. The van der Waals surface area contributed by atoms with Crippen LogP contribution in [-0.2, 0) is 0 Å². The van der Waals surface area contributed by atoms with E-state index < -0.39 is 0 Å². The smallest absolute Gasteiger partial charge is 0.0846 e. The number of nitrogens with two attached hydrogens (primary N) is 1. The third-order valence-corrected chi connectivity index (χ3v) is 3.44. The van der Waals surface area contributed by atoms with Gasteiger partial charge in [-0.2, -0.15) is 0 Å². The van der Waals surface area contributed by atoms with Crippen LogP contribution in [0.1, 0.15) is 0 Å². The Kier molecular flexibility index (Phi) is 3.24. The molecule has 0 amide bonds. The lowest BCUT2D eigenvalue weighted by molar-refractivity contribution is 0.589. The van der Waals surface area contributed by atoms with Gasteiger partial charge in [-0.3, -0.25) is 0 Å². The minimum Gasteiger partial charge on any atom is -0.397 e. The van der Waals surface area contributed by atoms with E-state index in [4.69, 9.17) is 28.9 Å². The standard InChI is InChI=1S/C10H13Cl2N3/c11-9-7(13)1-2-8(10(9)12)15-5-3-14-4-6-15/h1-2,14H,3-6,13H2. The first-order chi connectivity index (χ1) is 7.20. The highest BCUT2D eigenvalue weighted by Gasteiger charge is 2.16. The minimum absolute atomic E-state index is 0.452. The van der Waals surface area contributed by atoms with Crippen molar-refractivity contribution in [3.63, 3.8) is 0 Å². The highest BCUT2D eigenvalue weighted by Crippen LogP contribution is 2.36. The van der Waals surface area contributed by atoms with Crippen LogP contribution in [-0.4, -0.2) is 26.2 Å². The first kappa shape index (κ1) is 10.9. The number of nitrogen functional groups attached to an aromatic ring is 1.